The fourth-order valence-electron chi connectivity index (χ4n) is 5.31. The van der Waals surface area contributed by atoms with Crippen LogP contribution in [0.1, 0.15) is 41.3 Å². The van der Waals surface area contributed by atoms with E-state index in [1.54, 1.807) is 25.1 Å². The van der Waals surface area contributed by atoms with Crippen molar-refractivity contribution in [2.75, 3.05) is 27.2 Å². The summed E-state index contributed by atoms with van der Waals surface area (Å²) in [6.07, 6.45) is 0.528. The lowest BCUT2D eigenvalue weighted by Crippen LogP contribution is -2.57. The standard InChI is InChI=1S/C29H35N3O3S/c1-21(32-16-14-25(26(33)19-32)30-27(34)22-15-17-36-20-22)18-29(28(35)31(2)3,23-10-6-4-7-11-23)24-12-8-5-9-13-24/h4-13,15,17,20-21,25-26,33H,14,16,18-19H2,1-3H3,(H,30,34)/t21?,25-,26-/m1/s1. The Kier molecular flexibility index (Phi) is 8.24. The second kappa shape index (κ2) is 11.4. The third-order valence-electron chi connectivity index (χ3n) is 7.24. The van der Waals surface area contributed by atoms with Crippen LogP contribution in [0.2, 0.25) is 0 Å². The average molecular weight is 506 g/mol. The van der Waals surface area contributed by atoms with Crippen molar-refractivity contribution in [2.24, 2.45) is 0 Å². The maximum absolute atomic E-state index is 13.9. The van der Waals surface area contributed by atoms with E-state index in [0.29, 0.717) is 24.9 Å². The van der Waals surface area contributed by atoms with Gasteiger partial charge in [-0.25, -0.2) is 0 Å². The lowest BCUT2D eigenvalue weighted by Gasteiger charge is -2.44. The van der Waals surface area contributed by atoms with Crippen molar-refractivity contribution in [2.45, 2.75) is 43.4 Å². The van der Waals surface area contributed by atoms with Crippen LogP contribution in [0.5, 0.6) is 0 Å². The molecular weight excluding hydrogens is 470 g/mol. The molecule has 0 bridgehead atoms. The molecule has 0 aliphatic carbocycles. The number of hydrogen-bond acceptors (Lipinski definition) is 5. The summed E-state index contributed by atoms with van der Waals surface area (Å²) in [4.78, 5) is 30.4. The molecule has 1 aliphatic rings. The van der Waals surface area contributed by atoms with E-state index in [0.717, 1.165) is 17.7 Å². The van der Waals surface area contributed by atoms with Gasteiger partial charge in [-0.3, -0.25) is 14.5 Å². The normalized spacial score (nSPS) is 19.4. The number of benzene rings is 2. The minimum absolute atomic E-state index is 0.0116. The molecular formula is C29H35N3O3S. The van der Waals surface area contributed by atoms with Gasteiger partial charge in [-0.15, -0.1) is 0 Å². The van der Waals surface area contributed by atoms with Crippen LogP contribution in [0.25, 0.3) is 0 Å². The Balaban J connectivity index is 1.57. The van der Waals surface area contributed by atoms with Gasteiger partial charge in [0.2, 0.25) is 5.91 Å². The summed E-state index contributed by atoms with van der Waals surface area (Å²) in [5.41, 5.74) is 1.68. The van der Waals surface area contributed by atoms with Gasteiger partial charge in [0.05, 0.1) is 12.1 Å². The maximum atomic E-state index is 13.9. The van der Waals surface area contributed by atoms with E-state index < -0.39 is 11.5 Å². The number of aliphatic hydroxyl groups excluding tert-OH is 1. The molecule has 1 aromatic heterocycles. The highest BCUT2D eigenvalue weighted by Gasteiger charge is 2.45. The number of β-amino-alcohol motifs (C(OH)–C–C–N with tert-alkyl or cyclic N) is 1. The average Bonchev–Trinajstić information content (AvgIpc) is 3.44. The number of carbonyl (C=O) groups is 2. The van der Waals surface area contributed by atoms with E-state index in [-0.39, 0.29) is 23.9 Å². The number of nitrogens with zero attached hydrogens (tertiary/aromatic N) is 2. The quantitative estimate of drug-likeness (QED) is 0.489. The molecule has 1 aliphatic heterocycles. The molecule has 2 heterocycles. The number of carbonyl (C=O) groups excluding carboxylic acids is 2. The molecule has 3 atom stereocenters. The Morgan fingerprint density at radius 3 is 2.19 bits per heavy atom. The number of likely N-dealkylation sites (tertiary alicyclic amines) is 1. The second-order valence-electron chi connectivity index (χ2n) is 9.83. The molecule has 0 radical (unpaired) electrons. The van der Waals surface area contributed by atoms with Crippen molar-refractivity contribution in [3.05, 3.63) is 94.2 Å². The molecule has 2 N–H and O–H groups in total. The summed E-state index contributed by atoms with van der Waals surface area (Å²) in [6, 6.07) is 21.5. The summed E-state index contributed by atoms with van der Waals surface area (Å²) in [7, 11) is 3.61. The van der Waals surface area contributed by atoms with Gasteiger partial charge in [-0.05, 0) is 42.3 Å². The number of nitrogens with one attached hydrogen (secondary N) is 1. The van der Waals surface area contributed by atoms with Crippen molar-refractivity contribution in [1.82, 2.24) is 15.1 Å². The summed E-state index contributed by atoms with van der Waals surface area (Å²) < 4.78 is 0. The van der Waals surface area contributed by atoms with Gasteiger partial charge in [0, 0.05) is 44.2 Å². The van der Waals surface area contributed by atoms with Gasteiger partial charge in [0.1, 0.15) is 5.41 Å². The predicted molar refractivity (Wildman–Crippen MR) is 144 cm³/mol. The van der Waals surface area contributed by atoms with Crippen molar-refractivity contribution in [1.29, 1.82) is 0 Å². The third-order valence-corrected chi connectivity index (χ3v) is 7.93. The first kappa shape index (κ1) is 26.1. The van der Waals surface area contributed by atoms with Gasteiger partial charge in [-0.2, -0.15) is 11.3 Å². The van der Waals surface area contributed by atoms with Crippen LogP contribution in [-0.2, 0) is 10.2 Å². The number of thiophene rings is 1. The third kappa shape index (κ3) is 5.38. The summed E-state index contributed by atoms with van der Waals surface area (Å²) >= 11 is 1.48. The molecule has 6 nitrogen and oxygen atoms in total. The number of piperidine rings is 1. The minimum atomic E-state index is -0.861. The molecule has 3 aromatic rings. The molecule has 1 unspecified atom stereocenters. The van der Waals surface area contributed by atoms with Gasteiger partial charge >= 0.3 is 0 Å². The lowest BCUT2D eigenvalue weighted by atomic mass is 9.69. The molecule has 2 amide bonds. The van der Waals surface area contributed by atoms with Crippen LogP contribution in [-0.4, -0.2) is 72.1 Å². The fraction of sp³-hybridized carbons (Fsp3) is 0.379. The van der Waals surface area contributed by atoms with Crippen molar-refractivity contribution in [3.8, 4) is 0 Å². The molecule has 0 saturated carbocycles. The lowest BCUT2D eigenvalue weighted by molar-refractivity contribution is -0.134. The van der Waals surface area contributed by atoms with Crippen molar-refractivity contribution < 1.29 is 14.7 Å². The number of aliphatic hydroxyl groups is 1. The highest BCUT2D eigenvalue weighted by Crippen LogP contribution is 2.39. The van der Waals surface area contributed by atoms with E-state index in [1.807, 2.05) is 71.4 Å². The summed E-state index contributed by atoms with van der Waals surface area (Å²) in [6.45, 7) is 3.29. The Labute approximate surface area is 217 Å². The zero-order valence-electron chi connectivity index (χ0n) is 21.1. The van der Waals surface area contributed by atoms with Gasteiger partial charge in [0.25, 0.3) is 5.91 Å². The molecule has 0 spiro atoms. The Morgan fingerprint density at radius 1 is 1.08 bits per heavy atom. The topological polar surface area (TPSA) is 72.9 Å². The number of amides is 2. The fourth-order valence-corrected chi connectivity index (χ4v) is 5.94. The van der Waals surface area contributed by atoms with Crippen molar-refractivity contribution in [3.63, 3.8) is 0 Å². The number of rotatable bonds is 8. The van der Waals surface area contributed by atoms with Crippen LogP contribution < -0.4 is 5.32 Å². The Hall–Kier alpha value is -3.00. The van der Waals surface area contributed by atoms with E-state index in [4.69, 9.17) is 0 Å². The molecule has 7 heteroatoms. The molecule has 190 valence electrons. The van der Waals surface area contributed by atoms with Crippen molar-refractivity contribution >= 4 is 23.2 Å². The van der Waals surface area contributed by atoms with E-state index >= 15 is 0 Å². The van der Waals surface area contributed by atoms with Gasteiger partial charge in [0.15, 0.2) is 0 Å². The maximum Gasteiger partial charge on any atom is 0.252 e. The molecule has 4 rings (SSSR count). The van der Waals surface area contributed by atoms with Crippen LogP contribution >= 0.6 is 11.3 Å². The smallest absolute Gasteiger partial charge is 0.252 e. The Bertz CT molecular complexity index is 1100. The van der Waals surface area contributed by atoms with Crippen LogP contribution in [0.3, 0.4) is 0 Å². The van der Waals surface area contributed by atoms with Gasteiger partial charge in [-0.1, -0.05) is 60.7 Å². The monoisotopic (exact) mass is 505 g/mol. The Morgan fingerprint density at radius 2 is 1.69 bits per heavy atom. The molecule has 36 heavy (non-hydrogen) atoms. The first-order chi connectivity index (χ1) is 17.3. The SMILES string of the molecule is CC(CC(C(=O)N(C)C)(c1ccccc1)c1ccccc1)N1CC[C@@H](NC(=O)c2ccsc2)[C@H](O)C1. The van der Waals surface area contributed by atoms with Crippen LogP contribution in [0.15, 0.2) is 77.5 Å². The highest BCUT2D eigenvalue weighted by molar-refractivity contribution is 7.08. The highest BCUT2D eigenvalue weighted by atomic mass is 32.1. The van der Waals surface area contributed by atoms with E-state index in [9.17, 15) is 14.7 Å². The minimum Gasteiger partial charge on any atom is -0.390 e. The zero-order chi connectivity index (χ0) is 25.7. The molecule has 1 fully saturated rings. The molecule has 1 saturated heterocycles. The van der Waals surface area contributed by atoms with Gasteiger partial charge < -0.3 is 15.3 Å². The zero-order valence-corrected chi connectivity index (χ0v) is 21.9. The second-order valence-corrected chi connectivity index (χ2v) is 10.6. The first-order valence-electron chi connectivity index (χ1n) is 12.4. The number of hydrogen-bond donors (Lipinski definition) is 2. The first-order valence-corrected chi connectivity index (χ1v) is 13.3. The van der Waals surface area contributed by atoms with E-state index in [1.165, 1.54) is 11.3 Å². The predicted octanol–water partition coefficient (Wildman–Crippen LogP) is 3.77. The summed E-state index contributed by atoms with van der Waals surface area (Å²) in [5.74, 6) is -0.115. The summed E-state index contributed by atoms with van der Waals surface area (Å²) in [5, 5.41) is 17.6. The van der Waals surface area contributed by atoms with Crippen LogP contribution in [0.4, 0.5) is 0 Å². The number of likely N-dealkylation sites (N-methyl/N-ethyl adjacent to an activating group) is 1. The van der Waals surface area contributed by atoms with Crippen LogP contribution in [0, 0.1) is 0 Å². The van der Waals surface area contributed by atoms with E-state index in [2.05, 4.69) is 17.1 Å². The molecule has 2 aromatic carbocycles. The largest absolute Gasteiger partial charge is 0.390 e.